The highest BCUT2D eigenvalue weighted by Gasteiger charge is 2.26. The summed E-state index contributed by atoms with van der Waals surface area (Å²) in [6, 6.07) is 16.2. The summed E-state index contributed by atoms with van der Waals surface area (Å²) in [5.74, 6) is 7.61. The molecule has 1 aliphatic rings. The zero-order valence-electron chi connectivity index (χ0n) is 27.6. The Labute approximate surface area is 299 Å². The number of anilines is 2. The van der Waals surface area contributed by atoms with Gasteiger partial charge in [0.1, 0.15) is 29.0 Å². The van der Waals surface area contributed by atoms with Gasteiger partial charge in [-0.1, -0.05) is 18.2 Å². The predicted molar refractivity (Wildman–Crippen MR) is 199 cm³/mol. The lowest BCUT2D eigenvalue weighted by molar-refractivity contribution is -0.143. The van der Waals surface area contributed by atoms with Gasteiger partial charge in [0, 0.05) is 53.3 Å². The van der Waals surface area contributed by atoms with Crippen molar-refractivity contribution < 1.29 is 27.9 Å². The molecule has 4 rings (SSSR count). The number of aryl methyl sites for hydroxylation is 1. The van der Waals surface area contributed by atoms with Crippen molar-refractivity contribution >= 4 is 59.7 Å². The van der Waals surface area contributed by atoms with Crippen LogP contribution in [0.3, 0.4) is 0 Å². The van der Waals surface area contributed by atoms with Crippen molar-refractivity contribution in [1.82, 2.24) is 4.31 Å². The molecule has 4 N–H and O–H groups in total. The summed E-state index contributed by atoms with van der Waals surface area (Å²) in [6.07, 6.45) is 1.99. The number of ether oxygens (including phenoxy) is 4. The molecule has 1 heterocycles. The van der Waals surface area contributed by atoms with Crippen molar-refractivity contribution in [2.75, 3.05) is 51.3 Å². The van der Waals surface area contributed by atoms with Crippen LogP contribution in [-0.2, 0) is 20.3 Å². The van der Waals surface area contributed by atoms with Gasteiger partial charge in [0.25, 0.3) is 0 Å². The first kappa shape index (κ1) is 37.3. The number of rotatable bonds is 16. The molecule has 0 aliphatic carbocycles. The number of hydrazine groups is 1. The Morgan fingerprint density at radius 2 is 1.96 bits per heavy atom. The van der Waals surface area contributed by atoms with Crippen LogP contribution in [0.5, 0.6) is 17.2 Å². The number of nitrogen functional groups attached to an aromatic ring is 1. The molecule has 0 saturated carbocycles. The highest BCUT2D eigenvalue weighted by atomic mass is 127. The first-order chi connectivity index (χ1) is 22.6. The van der Waals surface area contributed by atoms with Crippen molar-refractivity contribution in [2.24, 2.45) is 5.84 Å². The zero-order chi connectivity index (χ0) is 33.9. The molecule has 2 unspecified atom stereocenters. The number of carbonyl (C=O) groups excluding carboxylic acids is 1. The molecule has 13 heteroatoms. The van der Waals surface area contributed by atoms with E-state index in [9.17, 15) is 4.79 Å². The summed E-state index contributed by atoms with van der Waals surface area (Å²) in [4.78, 5) is 13.9. The highest BCUT2D eigenvalue weighted by Crippen LogP contribution is 2.41. The molecule has 256 valence electrons. The number of carbonyl (C=O) groups is 1. The topological polar surface area (TPSA) is 122 Å². The first-order valence-electron chi connectivity index (χ1n) is 15.6. The van der Waals surface area contributed by atoms with Gasteiger partial charge in [-0.05, 0) is 92.1 Å². The number of methoxy groups -OCH3 is 1. The molecule has 0 bridgehead atoms. The van der Waals surface area contributed by atoms with Gasteiger partial charge in [0.15, 0.2) is 0 Å². The fraction of sp³-hybridized carbons (Fsp3) is 0.441. The summed E-state index contributed by atoms with van der Waals surface area (Å²) < 4.78 is 31.0. The number of esters is 1. The monoisotopic (exact) mass is 796 g/mol. The molecule has 10 nitrogen and oxygen atoms in total. The molecule has 47 heavy (non-hydrogen) atoms. The number of fused-ring (bicyclic) bond motifs is 1. The Bertz CT molecular complexity index is 1500. The number of hydrogen-bond acceptors (Lipinski definition) is 12. The minimum atomic E-state index is -0.308. The van der Waals surface area contributed by atoms with E-state index in [2.05, 4.69) is 63.6 Å². The number of hydrogen-bond donors (Lipinski definition) is 2. The Hall–Kier alpha value is -2.56. The number of benzene rings is 3. The Kier molecular flexibility index (Phi) is 14.5. The van der Waals surface area contributed by atoms with Gasteiger partial charge in [-0.2, -0.15) is 0 Å². The summed E-state index contributed by atoms with van der Waals surface area (Å²) in [5, 5.41) is 1.43. The van der Waals surface area contributed by atoms with Gasteiger partial charge in [-0.15, -0.1) is 0 Å². The van der Waals surface area contributed by atoms with Crippen molar-refractivity contribution in [3.8, 4) is 17.2 Å². The van der Waals surface area contributed by atoms with E-state index < -0.39 is 0 Å². The third kappa shape index (κ3) is 10.5. The molecule has 0 amide bonds. The predicted octanol–water partition coefficient (Wildman–Crippen LogP) is 7.44. The van der Waals surface area contributed by atoms with E-state index in [0.717, 1.165) is 58.0 Å². The van der Waals surface area contributed by atoms with Gasteiger partial charge in [0.2, 0.25) is 0 Å². The Morgan fingerprint density at radius 1 is 1.17 bits per heavy atom. The molecule has 0 aromatic heterocycles. The number of nitrogens with two attached hydrogens (primary N) is 2. The quantitative estimate of drug-likeness (QED) is 0.0219. The molecule has 3 aromatic rings. The number of halogens is 1. The highest BCUT2D eigenvalue weighted by molar-refractivity contribution is 14.2. The summed E-state index contributed by atoms with van der Waals surface area (Å²) in [5.41, 5.74) is 11.6. The van der Waals surface area contributed by atoms with Crippen LogP contribution < -0.4 is 30.8 Å². The molecule has 0 spiro atoms. The minimum absolute atomic E-state index is 0.0309. The molecular weight excluding hydrogens is 751 g/mol. The smallest absolute Gasteiger partial charge is 0.306 e. The average Bonchev–Trinajstić information content (AvgIpc) is 3.18. The van der Waals surface area contributed by atoms with E-state index >= 15 is 0 Å². The van der Waals surface area contributed by atoms with Gasteiger partial charge in [-0.3, -0.25) is 4.79 Å². The van der Waals surface area contributed by atoms with Crippen LogP contribution >= 0.6 is 42.4 Å². The van der Waals surface area contributed by atoms with E-state index in [1.807, 2.05) is 31.2 Å². The lowest BCUT2D eigenvalue weighted by Gasteiger charge is -2.25. The van der Waals surface area contributed by atoms with Gasteiger partial charge < -0.3 is 33.9 Å². The maximum absolute atomic E-state index is 12.9. The molecule has 1 aliphatic heterocycles. The van der Waals surface area contributed by atoms with Crippen LogP contribution in [0.4, 0.5) is 11.4 Å². The molecule has 0 fully saturated rings. The average molecular weight is 797 g/mol. The van der Waals surface area contributed by atoms with Crippen molar-refractivity contribution in [2.45, 2.75) is 63.5 Å². The standard InChI is InChI=1S/C34H45IN4O6S2/c1-6-42-33(40)19-28(25-16-29(36)34(38(4)37)31(17-25)41-5)24-10-9-22(2)26(15-24)21-39-20-23(3)45-30-18-27(11-12-32(30)46-39)43-13-7-8-14-44-47-35/h9-12,15-18,23,28H,6-8,13-14,19-21,36-37H2,1-5H3. The van der Waals surface area contributed by atoms with E-state index in [1.54, 1.807) is 26.1 Å². The Morgan fingerprint density at radius 3 is 2.68 bits per heavy atom. The van der Waals surface area contributed by atoms with Crippen LogP contribution in [0, 0.1) is 6.92 Å². The lowest BCUT2D eigenvalue weighted by Crippen LogP contribution is -2.27. The second kappa shape index (κ2) is 18.3. The Balaban J connectivity index is 1.57. The third-order valence-electron chi connectivity index (χ3n) is 7.77. The maximum Gasteiger partial charge on any atom is 0.306 e. The zero-order valence-corrected chi connectivity index (χ0v) is 31.4. The SMILES string of the molecule is CCOC(=O)CC(c1ccc(C)c(CN2CC(C)Oc3cc(OCCCCOSI)ccc3S2)c1)c1cc(N)c(N(C)N)c(OC)c1. The maximum atomic E-state index is 12.9. The normalized spacial score (nSPS) is 15.3. The molecule has 0 radical (unpaired) electrons. The second-order valence-electron chi connectivity index (χ2n) is 11.4. The van der Waals surface area contributed by atoms with Crippen LogP contribution in [0.15, 0.2) is 53.4 Å². The fourth-order valence-electron chi connectivity index (χ4n) is 5.51. The number of unbranched alkanes of at least 4 members (excludes halogenated alkanes) is 1. The number of nitrogens with zero attached hydrogens (tertiary/aromatic N) is 2. The van der Waals surface area contributed by atoms with Crippen LogP contribution in [-0.4, -0.2) is 56.9 Å². The van der Waals surface area contributed by atoms with Crippen LogP contribution in [0.2, 0.25) is 0 Å². The first-order valence-corrected chi connectivity index (χ1v) is 19.7. The minimum Gasteiger partial charge on any atom is -0.494 e. The van der Waals surface area contributed by atoms with Crippen molar-refractivity contribution in [1.29, 1.82) is 0 Å². The van der Waals surface area contributed by atoms with E-state index in [1.165, 1.54) is 14.2 Å². The summed E-state index contributed by atoms with van der Waals surface area (Å²) >= 11 is 3.81. The summed E-state index contributed by atoms with van der Waals surface area (Å²) in [7, 11) is 4.65. The molecule has 3 aromatic carbocycles. The largest absolute Gasteiger partial charge is 0.494 e. The summed E-state index contributed by atoms with van der Waals surface area (Å²) in [6.45, 7) is 9.06. The molecule has 0 saturated heterocycles. The van der Waals surface area contributed by atoms with E-state index in [4.69, 9.17) is 34.7 Å². The lowest BCUT2D eigenvalue weighted by atomic mass is 9.86. The fourth-order valence-corrected chi connectivity index (χ4v) is 7.33. The van der Waals surface area contributed by atoms with Gasteiger partial charge >= 0.3 is 5.97 Å². The van der Waals surface area contributed by atoms with Gasteiger partial charge in [-0.25, -0.2) is 10.1 Å². The van der Waals surface area contributed by atoms with E-state index in [0.29, 0.717) is 43.5 Å². The van der Waals surface area contributed by atoms with Crippen LogP contribution in [0.1, 0.15) is 61.3 Å². The molecular formula is C34H45IN4O6S2. The second-order valence-corrected chi connectivity index (χ2v) is 14.0. The van der Waals surface area contributed by atoms with Gasteiger partial charge in [0.05, 0.1) is 53.1 Å². The van der Waals surface area contributed by atoms with E-state index in [-0.39, 0.29) is 24.4 Å². The third-order valence-corrected chi connectivity index (χ3v) is 9.86. The molecule has 2 atom stereocenters. The van der Waals surface area contributed by atoms with Crippen LogP contribution in [0.25, 0.3) is 0 Å². The van der Waals surface area contributed by atoms with Crippen molar-refractivity contribution in [3.05, 3.63) is 70.8 Å². The van der Waals surface area contributed by atoms with Crippen molar-refractivity contribution in [3.63, 3.8) is 0 Å².